The molecule has 0 saturated carbocycles. The van der Waals surface area contributed by atoms with Gasteiger partial charge in [-0.2, -0.15) is 18.4 Å². The second-order valence-electron chi connectivity index (χ2n) is 8.28. The number of benzene rings is 2. The monoisotopic (exact) mass is 467 g/mol. The van der Waals surface area contributed by atoms with Crippen molar-refractivity contribution in [3.05, 3.63) is 65.9 Å². The number of carbonyl (C=O) groups excluding carboxylic acids is 2. The van der Waals surface area contributed by atoms with Crippen LogP contribution in [-0.2, 0) is 11.0 Å². The van der Waals surface area contributed by atoms with Crippen molar-refractivity contribution in [2.75, 3.05) is 23.3 Å². The van der Waals surface area contributed by atoms with Crippen LogP contribution in [0.3, 0.4) is 0 Å². The highest BCUT2D eigenvalue weighted by Gasteiger charge is 2.52. The second-order valence-corrected chi connectivity index (χ2v) is 8.28. The lowest BCUT2D eigenvalue weighted by Gasteiger charge is -2.28. The van der Waals surface area contributed by atoms with E-state index in [1.54, 1.807) is 26.1 Å². The molecule has 1 aromatic heterocycles. The van der Waals surface area contributed by atoms with Gasteiger partial charge in [-0.3, -0.25) is 9.78 Å². The summed E-state index contributed by atoms with van der Waals surface area (Å²) < 4.78 is 40.2. The summed E-state index contributed by atoms with van der Waals surface area (Å²) >= 11 is 0. The first-order chi connectivity index (χ1) is 16.1. The van der Waals surface area contributed by atoms with E-state index in [0.29, 0.717) is 12.6 Å². The molecule has 2 aromatic carbocycles. The van der Waals surface area contributed by atoms with E-state index in [0.717, 1.165) is 27.6 Å². The fourth-order valence-electron chi connectivity index (χ4n) is 3.99. The maximum absolute atomic E-state index is 13.4. The second kappa shape index (κ2) is 8.33. The highest BCUT2D eigenvalue weighted by atomic mass is 19.4. The predicted octanol–water partition coefficient (Wildman–Crippen LogP) is 4.78. The van der Waals surface area contributed by atoms with Gasteiger partial charge in [-0.25, -0.2) is 9.69 Å². The Morgan fingerprint density at radius 1 is 1.12 bits per heavy atom. The van der Waals surface area contributed by atoms with Crippen LogP contribution in [-0.4, -0.2) is 40.5 Å². The number of hydrogen-bond donors (Lipinski definition) is 1. The summed E-state index contributed by atoms with van der Waals surface area (Å²) in [5.74, 6) is -0.648. The lowest BCUT2D eigenvalue weighted by molar-refractivity contribution is -0.137. The van der Waals surface area contributed by atoms with E-state index in [-0.39, 0.29) is 12.2 Å². The summed E-state index contributed by atoms with van der Waals surface area (Å²) in [6.07, 6.45) is -3.15. The van der Waals surface area contributed by atoms with Gasteiger partial charge in [-0.1, -0.05) is 18.2 Å². The molecule has 34 heavy (non-hydrogen) atoms. The summed E-state index contributed by atoms with van der Waals surface area (Å²) in [7, 11) is 0. The zero-order chi connectivity index (χ0) is 24.7. The molecule has 2 heterocycles. The summed E-state index contributed by atoms with van der Waals surface area (Å²) in [4.78, 5) is 32.6. The van der Waals surface area contributed by atoms with E-state index in [9.17, 15) is 22.8 Å². The van der Waals surface area contributed by atoms with Crippen LogP contribution in [0.4, 0.5) is 29.3 Å². The third-order valence-corrected chi connectivity index (χ3v) is 5.81. The Morgan fingerprint density at radius 2 is 1.85 bits per heavy atom. The van der Waals surface area contributed by atoms with Gasteiger partial charge < -0.3 is 10.2 Å². The quantitative estimate of drug-likeness (QED) is 0.546. The Morgan fingerprint density at radius 3 is 2.56 bits per heavy atom. The van der Waals surface area contributed by atoms with Crippen molar-refractivity contribution in [1.29, 1.82) is 5.26 Å². The molecular formula is C24H20F3N5O2. The van der Waals surface area contributed by atoms with Crippen LogP contribution in [0.5, 0.6) is 0 Å². The summed E-state index contributed by atoms with van der Waals surface area (Å²) in [6.45, 7) is 3.52. The maximum atomic E-state index is 13.4. The van der Waals surface area contributed by atoms with Crippen LogP contribution in [0.2, 0.25) is 0 Å². The van der Waals surface area contributed by atoms with Crippen LogP contribution in [0.15, 0.2) is 54.7 Å². The number of fused-ring (bicyclic) bond motifs is 1. The number of para-hydroxylation sites is 1. The molecule has 7 nitrogen and oxygen atoms in total. The SMILES string of the molecule is CC1(C)C(=O)N(c2ccc(C#N)c(C(F)(F)F)c2)C(=O)N1CCNc1ccnc2ccccc12. The van der Waals surface area contributed by atoms with E-state index in [1.165, 1.54) is 17.0 Å². The van der Waals surface area contributed by atoms with Crippen molar-refractivity contribution >= 4 is 34.2 Å². The highest BCUT2D eigenvalue weighted by molar-refractivity contribution is 6.23. The molecule has 1 saturated heterocycles. The number of carbonyl (C=O) groups is 2. The van der Waals surface area contributed by atoms with Crippen LogP contribution >= 0.6 is 0 Å². The minimum absolute atomic E-state index is 0.132. The Balaban J connectivity index is 1.57. The summed E-state index contributed by atoms with van der Waals surface area (Å²) in [5.41, 5.74) is -1.68. The number of imide groups is 1. The van der Waals surface area contributed by atoms with Gasteiger partial charge in [-0.15, -0.1) is 0 Å². The smallest absolute Gasteiger partial charge is 0.383 e. The zero-order valence-corrected chi connectivity index (χ0v) is 18.3. The third kappa shape index (κ3) is 3.90. The first-order valence-corrected chi connectivity index (χ1v) is 10.4. The van der Waals surface area contributed by atoms with Crippen molar-refractivity contribution in [3.8, 4) is 6.07 Å². The largest absolute Gasteiger partial charge is 0.417 e. The Hall–Kier alpha value is -4.13. The Kier molecular flexibility index (Phi) is 5.65. The van der Waals surface area contributed by atoms with Gasteiger partial charge in [0.2, 0.25) is 0 Å². The third-order valence-electron chi connectivity index (χ3n) is 5.81. The first-order valence-electron chi connectivity index (χ1n) is 10.4. The van der Waals surface area contributed by atoms with Gasteiger partial charge in [0.1, 0.15) is 5.54 Å². The van der Waals surface area contributed by atoms with Crippen molar-refractivity contribution in [3.63, 3.8) is 0 Å². The van der Waals surface area contributed by atoms with Gasteiger partial charge in [-0.05, 0) is 44.2 Å². The molecule has 0 bridgehead atoms. The number of nitriles is 1. The summed E-state index contributed by atoms with van der Waals surface area (Å²) in [5, 5.41) is 13.1. The average Bonchev–Trinajstić information content (AvgIpc) is 2.97. The van der Waals surface area contributed by atoms with Crippen LogP contribution in [0.25, 0.3) is 10.9 Å². The number of nitrogens with one attached hydrogen (secondary N) is 1. The molecule has 0 radical (unpaired) electrons. The predicted molar refractivity (Wildman–Crippen MR) is 120 cm³/mol. The van der Waals surface area contributed by atoms with Gasteiger partial charge in [0.15, 0.2) is 0 Å². The maximum Gasteiger partial charge on any atom is 0.417 e. The van der Waals surface area contributed by atoms with Crippen molar-refractivity contribution < 1.29 is 22.8 Å². The Labute approximate surface area is 193 Å². The normalized spacial score (nSPS) is 15.6. The average molecular weight is 467 g/mol. The molecule has 0 spiro atoms. The molecule has 4 rings (SSSR count). The number of pyridine rings is 1. The number of alkyl halides is 3. The van der Waals surface area contributed by atoms with Crippen LogP contribution in [0.1, 0.15) is 25.0 Å². The molecule has 1 aliphatic heterocycles. The van der Waals surface area contributed by atoms with Crippen LogP contribution in [0, 0.1) is 11.3 Å². The van der Waals surface area contributed by atoms with Crippen molar-refractivity contribution in [2.24, 2.45) is 0 Å². The topological polar surface area (TPSA) is 89.3 Å². The number of anilines is 2. The molecule has 174 valence electrons. The van der Waals surface area contributed by atoms with E-state index >= 15 is 0 Å². The Bertz CT molecular complexity index is 1320. The lowest BCUT2D eigenvalue weighted by Crippen LogP contribution is -2.46. The molecule has 0 atom stereocenters. The number of halogens is 3. The van der Waals surface area contributed by atoms with Gasteiger partial charge in [0.25, 0.3) is 5.91 Å². The number of amides is 3. The molecule has 1 aliphatic rings. The molecule has 3 amide bonds. The highest BCUT2D eigenvalue weighted by Crippen LogP contribution is 2.37. The molecular weight excluding hydrogens is 447 g/mol. The van der Waals surface area contributed by atoms with Crippen molar-refractivity contribution in [1.82, 2.24) is 9.88 Å². The van der Waals surface area contributed by atoms with Crippen molar-refractivity contribution in [2.45, 2.75) is 25.6 Å². The number of urea groups is 1. The number of aromatic nitrogens is 1. The molecule has 1 fully saturated rings. The minimum atomic E-state index is -4.81. The van der Waals surface area contributed by atoms with E-state index < -0.39 is 34.8 Å². The molecule has 0 aliphatic carbocycles. The molecule has 10 heteroatoms. The van der Waals surface area contributed by atoms with E-state index in [2.05, 4.69) is 10.3 Å². The molecule has 3 aromatic rings. The van der Waals surface area contributed by atoms with Gasteiger partial charge >= 0.3 is 12.2 Å². The number of hydrogen-bond acceptors (Lipinski definition) is 5. The van der Waals surface area contributed by atoms with Crippen LogP contribution < -0.4 is 10.2 Å². The fourth-order valence-corrected chi connectivity index (χ4v) is 3.99. The van der Waals surface area contributed by atoms with Gasteiger partial charge in [0.05, 0.1) is 28.4 Å². The standard InChI is InChI=1S/C24H20F3N5O2/c1-23(2)21(33)32(16-8-7-15(14-28)18(13-16)24(25,26)27)22(34)31(23)12-11-30-20-9-10-29-19-6-4-3-5-17(19)20/h3-10,13H,11-12H2,1-2H3,(H,29,30). The first kappa shape index (κ1) is 23.0. The number of rotatable bonds is 5. The fraction of sp³-hybridized carbons (Fsp3) is 0.250. The lowest BCUT2D eigenvalue weighted by atomic mass is 10.0. The minimum Gasteiger partial charge on any atom is -0.383 e. The number of nitrogens with zero attached hydrogens (tertiary/aromatic N) is 4. The summed E-state index contributed by atoms with van der Waals surface area (Å²) in [6, 6.07) is 12.9. The van der Waals surface area contributed by atoms with Gasteiger partial charge in [0, 0.05) is 30.4 Å². The zero-order valence-electron chi connectivity index (χ0n) is 18.3. The van der Waals surface area contributed by atoms with E-state index in [1.807, 2.05) is 24.3 Å². The molecule has 0 unspecified atom stereocenters. The molecule has 1 N–H and O–H groups in total. The van der Waals surface area contributed by atoms with E-state index in [4.69, 9.17) is 5.26 Å².